The van der Waals surface area contributed by atoms with E-state index in [4.69, 9.17) is 0 Å². The lowest BCUT2D eigenvalue weighted by atomic mass is 10.0. The van der Waals surface area contributed by atoms with Crippen LogP contribution in [0.2, 0.25) is 0 Å². The van der Waals surface area contributed by atoms with E-state index in [1.807, 2.05) is 61.5 Å². The predicted octanol–water partition coefficient (Wildman–Crippen LogP) is 1.83. The number of aliphatic carboxylic acids is 2. The van der Waals surface area contributed by atoms with Crippen molar-refractivity contribution in [2.75, 3.05) is 5.01 Å². The van der Waals surface area contributed by atoms with E-state index in [0.29, 0.717) is 6.42 Å². The van der Waals surface area contributed by atoms with Crippen LogP contribution in [0.15, 0.2) is 42.6 Å². The SMILES string of the molecule is CC(C)C[C@H](N[C@@H](CC1C=CN(c2ccccc2)N1)C(=O)O)C(=O)O. The van der Waals surface area contributed by atoms with Gasteiger partial charge in [0.05, 0.1) is 5.69 Å². The highest BCUT2D eigenvalue weighted by atomic mass is 16.4. The Morgan fingerprint density at radius 3 is 2.36 bits per heavy atom. The van der Waals surface area contributed by atoms with Crippen molar-refractivity contribution in [2.24, 2.45) is 5.92 Å². The first-order valence-corrected chi connectivity index (χ1v) is 8.37. The maximum Gasteiger partial charge on any atom is 0.320 e. The number of hydrogen-bond acceptors (Lipinski definition) is 5. The highest BCUT2D eigenvalue weighted by molar-refractivity contribution is 5.77. The number of hydrogen-bond donors (Lipinski definition) is 4. The van der Waals surface area contributed by atoms with Crippen LogP contribution in [0.3, 0.4) is 0 Å². The van der Waals surface area contributed by atoms with Gasteiger partial charge in [-0.3, -0.25) is 19.9 Å². The van der Waals surface area contributed by atoms with Crippen molar-refractivity contribution < 1.29 is 19.8 Å². The zero-order valence-corrected chi connectivity index (χ0v) is 14.4. The van der Waals surface area contributed by atoms with E-state index in [9.17, 15) is 19.8 Å². The largest absolute Gasteiger partial charge is 0.480 e. The molecule has 1 aromatic rings. The first kappa shape index (κ1) is 19.0. The Morgan fingerprint density at radius 2 is 1.80 bits per heavy atom. The van der Waals surface area contributed by atoms with E-state index < -0.39 is 24.0 Å². The average molecular weight is 347 g/mol. The standard InChI is InChI=1S/C18H25N3O4/c1-12(2)10-15(17(22)23)19-16(18(24)25)11-13-8-9-21(20-13)14-6-4-3-5-7-14/h3-9,12-13,15-16,19-20H,10-11H2,1-2H3,(H,22,23)(H,24,25)/t13?,15-,16-/m0/s1. The number of nitrogens with one attached hydrogen (secondary N) is 2. The maximum atomic E-state index is 11.6. The molecule has 136 valence electrons. The summed E-state index contributed by atoms with van der Waals surface area (Å²) in [4.78, 5) is 22.9. The van der Waals surface area contributed by atoms with E-state index in [1.54, 1.807) is 0 Å². The Morgan fingerprint density at radius 1 is 1.16 bits per heavy atom. The zero-order valence-electron chi connectivity index (χ0n) is 14.4. The fourth-order valence-electron chi connectivity index (χ4n) is 2.78. The van der Waals surface area contributed by atoms with Crippen molar-refractivity contribution >= 4 is 17.6 Å². The lowest BCUT2D eigenvalue weighted by Gasteiger charge is -2.25. The third-order valence-corrected chi connectivity index (χ3v) is 4.00. The van der Waals surface area contributed by atoms with Gasteiger partial charge < -0.3 is 10.2 Å². The summed E-state index contributed by atoms with van der Waals surface area (Å²) in [5.74, 6) is -1.93. The number of para-hydroxylation sites is 1. The molecule has 2 rings (SSSR count). The van der Waals surface area contributed by atoms with E-state index in [2.05, 4.69) is 10.7 Å². The monoisotopic (exact) mass is 347 g/mol. The number of anilines is 1. The molecule has 1 aliphatic rings. The minimum atomic E-state index is -1.05. The van der Waals surface area contributed by atoms with Gasteiger partial charge >= 0.3 is 11.9 Å². The summed E-state index contributed by atoms with van der Waals surface area (Å²) in [5.41, 5.74) is 4.16. The Labute approximate surface area is 147 Å². The molecular formula is C18H25N3O4. The molecule has 0 amide bonds. The first-order chi connectivity index (χ1) is 11.9. The highest BCUT2D eigenvalue weighted by Gasteiger charge is 2.29. The molecule has 0 radical (unpaired) electrons. The van der Waals surface area contributed by atoms with Gasteiger partial charge in [-0.25, -0.2) is 5.43 Å². The Balaban J connectivity index is 1.97. The zero-order chi connectivity index (χ0) is 18.4. The summed E-state index contributed by atoms with van der Waals surface area (Å²) in [6, 6.07) is 7.63. The summed E-state index contributed by atoms with van der Waals surface area (Å²) < 4.78 is 0. The molecule has 1 aromatic carbocycles. The number of carboxylic acids is 2. The van der Waals surface area contributed by atoms with Gasteiger partial charge in [0.1, 0.15) is 12.1 Å². The molecule has 7 heteroatoms. The lowest BCUT2D eigenvalue weighted by molar-refractivity contribution is -0.143. The number of benzene rings is 1. The summed E-state index contributed by atoms with van der Waals surface area (Å²) in [6.45, 7) is 3.82. The van der Waals surface area contributed by atoms with Crippen LogP contribution < -0.4 is 15.8 Å². The van der Waals surface area contributed by atoms with Gasteiger partial charge in [-0.05, 0) is 37.0 Å². The van der Waals surface area contributed by atoms with Crippen molar-refractivity contribution in [3.63, 3.8) is 0 Å². The molecule has 25 heavy (non-hydrogen) atoms. The van der Waals surface area contributed by atoms with Gasteiger partial charge in [-0.2, -0.15) is 0 Å². The molecule has 3 atom stereocenters. The second-order valence-corrected chi connectivity index (χ2v) is 6.60. The number of rotatable bonds is 9. The molecular weight excluding hydrogens is 322 g/mol. The van der Waals surface area contributed by atoms with E-state index >= 15 is 0 Å². The Hall–Kier alpha value is -2.38. The van der Waals surface area contributed by atoms with Gasteiger partial charge in [0, 0.05) is 12.2 Å². The molecule has 1 aliphatic heterocycles. The molecule has 0 spiro atoms. The molecule has 0 saturated carbocycles. The van der Waals surface area contributed by atoms with Gasteiger partial charge in [-0.15, -0.1) is 0 Å². The van der Waals surface area contributed by atoms with Crippen LogP contribution in [0.25, 0.3) is 0 Å². The summed E-state index contributed by atoms with van der Waals surface area (Å²) >= 11 is 0. The second-order valence-electron chi connectivity index (χ2n) is 6.60. The first-order valence-electron chi connectivity index (χ1n) is 8.37. The molecule has 0 fully saturated rings. The molecule has 0 saturated heterocycles. The van der Waals surface area contributed by atoms with Crippen molar-refractivity contribution in [1.29, 1.82) is 0 Å². The third kappa shape index (κ3) is 5.58. The molecule has 0 aliphatic carbocycles. The van der Waals surface area contributed by atoms with Crippen LogP contribution in [0.4, 0.5) is 5.69 Å². The van der Waals surface area contributed by atoms with Gasteiger partial charge in [0.2, 0.25) is 0 Å². The second kappa shape index (κ2) is 8.64. The van der Waals surface area contributed by atoms with Gasteiger partial charge in [-0.1, -0.05) is 32.0 Å². The van der Waals surface area contributed by atoms with E-state index in [-0.39, 0.29) is 18.4 Å². The fraction of sp³-hybridized carbons (Fsp3) is 0.444. The highest BCUT2D eigenvalue weighted by Crippen LogP contribution is 2.18. The van der Waals surface area contributed by atoms with E-state index in [0.717, 1.165) is 5.69 Å². The number of hydrazine groups is 1. The van der Waals surface area contributed by atoms with Crippen LogP contribution in [-0.2, 0) is 9.59 Å². The van der Waals surface area contributed by atoms with Crippen LogP contribution in [-0.4, -0.2) is 40.3 Å². The maximum absolute atomic E-state index is 11.6. The van der Waals surface area contributed by atoms with Crippen molar-refractivity contribution in [1.82, 2.24) is 10.7 Å². The Bertz CT molecular complexity index is 618. The average Bonchev–Trinajstić information content (AvgIpc) is 3.02. The molecule has 1 unspecified atom stereocenters. The molecule has 0 aromatic heterocycles. The molecule has 0 bridgehead atoms. The third-order valence-electron chi connectivity index (χ3n) is 4.00. The topological polar surface area (TPSA) is 102 Å². The van der Waals surface area contributed by atoms with E-state index in [1.165, 1.54) is 0 Å². The number of carboxylic acid groups (broad SMARTS) is 2. The smallest absolute Gasteiger partial charge is 0.320 e. The van der Waals surface area contributed by atoms with Crippen LogP contribution in [0, 0.1) is 5.92 Å². The van der Waals surface area contributed by atoms with Crippen LogP contribution in [0.1, 0.15) is 26.7 Å². The van der Waals surface area contributed by atoms with Crippen LogP contribution in [0.5, 0.6) is 0 Å². The van der Waals surface area contributed by atoms with Crippen molar-refractivity contribution in [3.05, 3.63) is 42.6 Å². The molecule has 7 nitrogen and oxygen atoms in total. The number of carbonyl (C=O) groups is 2. The van der Waals surface area contributed by atoms with Crippen LogP contribution >= 0.6 is 0 Å². The fourth-order valence-corrected chi connectivity index (χ4v) is 2.78. The summed E-state index contributed by atoms with van der Waals surface area (Å²) in [6.07, 6.45) is 4.35. The quantitative estimate of drug-likeness (QED) is 0.540. The van der Waals surface area contributed by atoms with Gasteiger partial charge in [0.25, 0.3) is 0 Å². The molecule has 4 N–H and O–H groups in total. The Kier molecular flexibility index (Phi) is 6.55. The minimum absolute atomic E-state index is 0.154. The van der Waals surface area contributed by atoms with Gasteiger partial charge in [0.15, 0.2) is 0 Å². The molecule has 1 heterocycles. The minimum Gasteiger partial charge on any atom is -0.480 e. The predicted molar refractivity (Wildman–Crippen MR) is 95.0 cm³/mol. The van der Waals surface area contributed by atoms with Crippen molar-refractivity contribution in [2.45, 2.75) is 44.8 Å². The summed E-state index contributed by atoms with van der Waals surface area (Å²) in [5, 5.41) is 23.4. The summed E-state index contributed by atoms with van der Waals surface area (Å²) in [7, 11) is 0. The normalized spacial score (nSPS) is 19.2. The lowest BCUT2D eigenvalue weighted by Crippen LogP contribution is -2.50. The number of nitrogens with zero attached hydrogens (tertiary/aromatic N) is 1. The van der Waals surface area contributed by atoms with Crippen molar-refractivity contribution in [3.8, 4) is 0 Å².